The van der Waals surface area contributed by atoms with E-state index in [1.165, 1.54) is 0 Å². The molecule has 0 bridgehead atoms. The van der Waals surface area contributed by atoms with E-state index < -0.39 is 20.2 Å². The van der Waals surface area contributed by atoms with Gasteiger partial charge in [0.15, 0.2) is 0 Å². The molecule has 0 aliphatic carbocycles. The molecule has 0 saturated carbocycles. The second-order valence-electron chi connectivity index (χ2n) is 4.95. The molecular weight excluding hydrogens is 330 g/mol. The Labute approximate surface area is 131 Å². The summed E-state index contributed by atoms with van der Waals surface area (Å²) < 4.78 is 28.1. The number of benzene rings is 1. The lowest BCUT2D eigenvalue weighted by molar-refractivity contribution is -0.117. The number of anilines is 1. The van der Waals surface area contributed by atoms with Crippen molar-refractivity contribution in [2.75, 3.05) is 11.4 Å². The Morgan fingerprint density at radius 2 is 2.00 bits per heavy atom. The maximum absolute atomic E-state index is 11.9. The van der Waals surface area contributed by atoms with E-state index in [0.717, 1.165) is 10.5 Å². The van der Waals surface area contributed by atoms with E-state index in [2.05, 4.69) is 10.2 Å². The molecular formula is C13H12ClN3O4S. The van der Waals surface area contributed by atoms with Crippen LogP contribution in [-0.4, -0.2) is 36.3 Å². The van der Waals surface area contributed by atoms with Crippen molar-refractivity contribution in [2.45, 2.75) is 18.1 Å². The van der Waals surface area contributed by atoms with Gasteiger partial charge in [-0.15, -0.1) is 5.10 Å². The van der Waals surface area contributed by atoms with Crippen molar-refractivity contribution in [1.82, 2.24) is 10.2 Å². The van der Waals surface area contributed by atoms with Crippen molar-refractivity contribution < 1.29 is 17.6 Å². The number of hydrogen-bond acceptors (Lipinski definition) is 6. The van der Waals surface area contributed by atoms with Crippen LogP contribution in [0.4, 0.5) is 6.01 Å². The predicted molar refractivity (Wildman–Crippen MR) is 79.1 cm³/mol. The zero-order valence-electron chi connectivity index (χ0n) is 11.3. The molecule has 22 heavy (non-hydrogen) atoms. The minimum Gasteiger partial charge on any atom is -0.407 e. The first kappa shape index (κ1) is 15.0. The van der Waals surface area contributed by atoms with Crippen LogP contribution < -0.4 is 4.90 Å². The molecule has 1 atom stereocenters. The Bertz CT molecular complexity index is 791. The molecule has 116 valence electrons. The maximum atomic E-state index is 11.9. The minimum absolute atomic E-state index is 0.00116. The Balaban J connectivity index is 1.75. The summed E-state index contributed by atoms with van der Waals surface area (Å²) in [5.74, 6) is -0.0460. The number of halogens is 1. The molecule has 1 fully saturated rings. The molecule has 1 aliphatic heterocycles. The topological polar surface area (TPSA) is 93.4 Å². The van der Waals surface area contributed by atoms with Gasteiger partial charge in [-0.1, -0.05) is 35.4 Å². The zero-order valence-corrected chi connectivity index (χ0v) is 12.9. The summed E-state index contributed by atoms with van der Waals surface area (Å²) in [6.07, 6.45) is 0.259. The van der Waals surface area contributed by atoms with Crippen LogP contribution in [0.25, 0.3) is 0 Å². The van der Waals surface area contributed by atoms with Crippen LogP contribution in [0.3, 0.4) is 0 Å². The largest absolute Gasteiger partial charge is 0.407 e. The first-order valence-corrected chi connectivity index (χ1v) is 8.91. The summed E-state index contributed by atoms with van der Waals surface area (Å²) in [5, 5.41) is 6.74. The third-order valence-corrected chi connectivity index (χ3v) is 5.24. The van der Waals surface area contributed by atoms with E-state index in [1.54, 1.807) is 0 Å². The fourth-order valence-corrected chi connectivity index (χ4v) is 3.27. The van der Waals surface area contributed by atoms with Gasteiger partial charge in [0.25, 0.3) is 0 Å². The van der Waals surface area contributed by atoms with Gasteiger partial charge in [0.05, 0.1) is 6.42 Å². The summed E-state index contributed by atoms with van der Waals surface area (Å²) in [5.41, 5.74) is 0.992. The fourth-order valence-electron chi connectivity index (χ4n) is 2.24. The Hall–Kier alpha value is -1.93. The van der Waals surface area contributed by atoms with Crippen LogP contribution in [-0.2, 0) is 20.3 Å². The third kappa shape index (κ3) is 3.12. The van der Waals surface area contributed by atoms with Crippen molar-refractivity contribution in [3.63, 3.8) is 0 Å². The normalized spacial score (nSPS) is 18.9. The number of carbonyl (C=O) groups is 1. The van der Waals surface area contributed by atoms with Crippen molar-refractivity contribution in [1.29, 1.82) is 0 Å². The molecule has 1 aliphatic rings. The molecule has 1 aromatic carbocycles. The van der Waals surface area contributed by atoms with Crippen molar-refractivity contribution >= 4 is 31.7 Å². The van der Waals surface area contributed by atoms with E-state index in [4.69, 9.17) is 15.1 Å². The van der Waals surface area contributed by atoms with E-state index in [9.17, 15) is 13.2 Å². The molecule has 1 unspecified atom stereocenters. The highest BCUT2D eigenvalue weighted by molar-refractivity contribution is 8.14. The molecule has 1 aromatic heterocycles. The summed E-state index contributed by atoms with van der Waals surface area (Å²) in [6, 6.07) is 9.53. The SMILES string of the molecule is O=C1CC(S(=O)(=O)Cl)CN1c1nnc(Cc2ccccc2)o1. The molecule has 3 rings (SSSR count). The summed E-state index contributed by atoms with van der Waals surface area (Å²) in [7, 11) is 1.50. The van der Waals surface area contributed by atoms with Crippen LogP contribution in [0.15, 0.2) is 34.7 Å². The van der Waals surface area contributed by atoms with Gasteiger partial charge >= 0.3 is 6.01 Å². The van der Waals surface area contributed by atoms with Crippen LogP contribution >= 0.6 is 10.7 Å². The van der Waals surface area contributed by atoms with Gasteiger partial charge in [0.1, 0.15) is 5.25 Å². The van der Waals surface area contributed by atoms with Gasteiger partial charge in [-0.05, 0) is 5.56 Å². The van der Waals surface area contributed by atoms with Gasteiger partial charge in [0, 0.05) is 23.6 Å². The second kappa shape index (κ2) is 5.69. The molecule has 1 amide bonds. The first-order chi connectivity index (χ1) is 10.4. The van der Waals surface area contributed by atoms with Gasteiger partial charge in [0.2, 0.25) is 20.8 Å². The number of carbonyl (C=O) groups excluding carboxylic acids is 1. The highest BCUT2D eigenvalue weighted by Gasteiger charge is 2.40. The van der Waals surface area contributed by atoms with E-state index in [0.29, 0.717) is 12.3 Å². The van der Waals surface area contributed by atoms with Crippen LogP contribution in [0.5, 0.6) is 0 Å². The maximum Gasteiger partial charge on any atom is 0.325 e. The van der Waals surface area contributed by atoms with Crippen LogP contribution in [0.1, 0.15) is 17.9 Å². The average molecular weight is 342 g/mol. The molecule has 2 heterocycles. The number of hydrogen-bond donors (Lipinski definition) is 0. The number of rotatable bonds is 4. The predicted octanol–water partition coefficient (Wildman–Crippen LogP) is 1.33. The van der Waals surface area contributed by atoms with Crippen LogP contribution in [0.2, 0.25) is 0 Å². The van der Waals surface area contributed by atoms with E-state index in [1.807, 2.05) is 30.3 Å². The summed E-state index contributed by atoms with van der Waals surface area (Å²) in [4.78, 5) is 13.0. The van der Waals surface area contributed by atoms with E-state index in [-0.39, 0.29) is 19.0 Å². The van der Waals surface area contributed by atoms with Gasteiger partial charge in [-0.2, -0.15) is 0 Å². The van der Waals surface area contributed by atoms with Crippen molar-refractivity contribution in [3.05, 3.63) is 41.8 Å². The minimum atomic E-state index is -3.80. The average Bonchev–Trinajstić information content (AvgIpc) is 3.06. The van der Waals surface area contributed by atoms with Gasteiger partial charge < -0.3 is 4.42 Å². The number of aromatic nitrogens is 2. The Morgan fingerprint density at radius 1 is 1.27 bits per heavy atom. The molecule has 0 radical (unpaired) electrons. The third-order valence-electron chi connectivity index (χ3n) is 3.37. The second-order valence-corrected chi connectivity index (χ2v) is 7.86. The highest BCUT2D eigenvalue weighted by atomic mass is 35.7. The van der Waals surface area contributed by atoms with Gasteiger partial charge in [-0.25, -0.2) is 8.42 Å². The number of amides is 1. The number of nitrogens with zero attached hydrogens (tertiary/aromatic N) is 3. The zero-order chi connectivity index (χ0) is 15.7. The lowest BCUT2D eigenvalue weighted by Crippen LogP contribution is -2.27. The van der Waals surface area contributed by atoms with E-state index >= 15 is 0 Å². The summed E-state index contributed by atoms with van der Waals surface area (Å²) >= 11 is 0. The highest BCUT2D eigenvalue weighted by Crippen LogP contribution is 2.26. The molecule has 0 N–H and O–H groups in total. The molecule has 0 spiro atoms. The molecule has 1 saturated heterocycles. The molecule has 7 nitrogen and oxygen atoms in total. The van der Waals surface area contributed by atoms with Gasteiger partial charge in [-0.3, -0.25) is 9.69 Å². The van der Waals surface area contributed by atoms with Crippen LogP contribution in [0, 0.1) is 0 Å². The quantitative estimate of drug-likeness (QED) is 0.779. The fraction of sp³-hybridized carbons (Fsp3) is 0.308. The van der Waals surface area contributed by atoms with Crippen molar-refractivity contribution in [3.8, 4) is 0 Å². The smallest absolute Gasteiger partial charge is 0.325 e. The lowest BCUT2D eigenvalue weighted by Gasteiger charge is -2.09. The monoisotopic (exact) mass is 341 g/mol. The Kier molecular flexibility index (Phi) is 3.88. The summed E-state index contributed by atoms with van der Waals surface area (Å²) in [6.45, 7) is -0.0718. The first-order valence-electron chi connectivity index (χ1n) is 6.53. The molecule has 2 aromatic rings. The Morgan fingerprint density at radius 3 is 2.64 bits per heavy atom. The lowest BCUT2D eigenvalue weighted by atomic mass is 10.2. The standard InChI is InChI=1S/C13H12ClN3O4S/c14-22(19,20)10-7-12(18)17(8-10)13-16-15-11(21-13)6-9-4-2-1-3-5-9/h1-5,10H,6-8H2. The molecule has 9 heteroatoms. The van der Waals surface area contributed by atoms with Crippen molar-refractivity contribution in [2.24, 2.45) is 0 Å².